The van der Waals surface area contributed by atoms with Crippen molar-refractivity contribution in [3.05, 3.63) is 47.5 Å². The molecule has 0 aromatic heterocycles. The zero-order valence-corrected chi connectivity index (χ0v) is 15.9. The van der Waals surface area contributed by atoms with E-state index in [0.717, 1.165) is 54.2 Å². The molecule has 0 spiro atoms. The van der Waals surface area contributed by atoms with Crippen LogP contribution in [0.25, 0.3) is 11.1 Å². The van der Waals surface area contributed by atoms with Gasteiger partial charge in [-0.3, -0.25) is 4.79 Å². The summed E-state index contributed by atoms with van der Waals surface area (Å²) in [4.78, 5) is 15.1. The van der Waals surface area contributed by atoms with Crippen LogP contribution in [0.1, 0.15) is 43.1 Å². The van der Waals surface area contributed by atoms with Crippen molar-refractivity contribution in [1.82, 2.24) is 4.90 Å². The Balaban J connectivity index is 1.88. The lowest BCUT2D eigenvalue weighted by molar-refractivity contribution is 0.104. The second kappa shape index (κ2) is 8.37. The molecule has 1 aliphatic rings. The molecular weight excluding hydrogens is 326 g/mol. The summed E-state index contributed by atoms with van der Waals surface area (Å²) in [6.45, 7) is 10.5. The maximum Gasteiger partial charge on any atom is 0.194 e. The van der Waals surface area contributed by atoms with Crippen LogP contribution in [-0.4, -0.2) is 43.5 Å². The molecule has 0 heterocycles. The molecule has 0 atom stereocenters. The normalized spacial score (nSPS) is 12.2. The number of rotatable bonds is 9. The van der Waals surface area contributed by atoms with Gasteiger partial charge in [0.1, 0.15) is 18.1 Å². The molecule has 2 aromatic carbocycles. The fraction of sp³-hybridized carbons (Fsp3) is 0.409. The van der Waals surface area contributed by atoms with E-state index in [1.807, 2.05) is 36.4 Å². The lowest BCUT2D eigenvalue weighted by Gasteiger charge is -2.19. The first-order valence-electron chi connectivity index (χ1n) is 9.49. The van der Waals surface area contributed by atoms with Crippen molar-refractivity contribution in [3.63, 3.8) is 0 Å². The predicted molar refractivity (Wildman–Crippen MR) is 104 cm³/mol. The summed E-state index contributed by atoms with van der Waals surface area (Å²) in [5, 5.41) is 0. The summed E-state index contributed by atoms with van der Waals surface area (Å²) in [7, 11) is 0. The Morgan fingerprint density at radius 1 is 0.885 bits per heavy atom. The second-order valence-electron chi connectivity index (χ2n) is 6.44. The van der Waals surface area contributed by atoms with Crippen molar-refractivity contribution >= 4 is 5.78 Å². The minimum Gasteiger partial charge on any atom is -0.494 e. The number of carbonyl (C=O) groups excluding carboxylic acids is 1. The summed E-state index contributed by atoms with van der Waals surface area (Å²) >= 11 is 0. The van der Waals surface area contributed by atoms with E-state index in [0.29, 0.717) is 18.8 Å². The van der Waals surface area contributed by atoms with E-state index in [9.17, 15) is 4.79 Å². The van der Waals surface area contributed by atoms with Crippen LogP contribution in [0, 0.1) is 0 Å². The number of nitrogens with zero attached hydrogens (tertiary/aromatic N) is 1. The van der Waals surface area contributed by atoms with Crippen LogP contribution >= 0.6 is 0 Å². The average molecular weight is 353 g/mol. The molecule has 0 unspecified atom stereocenters. The van der Waals surface area contributed by atoms with Crippen molar-refractivity contribution in [2.45, 2.75) is 27.2 Å². The van der Waals surface area contributed by atoms with Crippen molar-refractivity contribution in [3.8, 4) is 22.6 Å². The summed E-state index contributed by atoms with van der Waals surface area (Å²) in [5.74, 6) is 1.63. The molecule has 1 aliphatic carbocycles. The van der Waals surface area contributed by atoms with Crippen molar-refractivity contribution in [1.29, 1.82) is 0 Å². The maximum atomic E-state index is 12.7. The third-order valence-corrected chi connectivity index (χ3v) is 4.81. The summed E-state index contributed by atoms with van der Waals surface area (Å²) in [5.41, 5.74) is 3.25. The molecule has 0 radical (unpaired) electrons. The van der Waals surface area contributed by atoms with Crippen LogP contribution in [0.3, 0.4) is 0 Å². The van der Waals surface area contributed by atoms with Gasteiger partial charge in [-0.1, -0.05) is 32.9 Å². The van der Waals surface area contributed by atoms with E-state index in [1.165, 1.54) is 0 Å². The van der Waals surface area contributed by atoms with Crippen molar-refractivity contribution < 1.29 is 14.3 Å². The van der Waals surface area contributed by atoms with Crippen LogP contribution < -0.4 is 9.47 Å². The molecule has 4 heteroatoms. The molecule has 4 nitrogen and oxygen atoms in total. The lowest BCUT2D eigenvalue weighted by Crippen LogP contribution is -2.27. The van der Waals surface area contributed by atoms with Gasteiger partial charge in [0, 0.05) is 28.8 Å². The number of ether oxygens (including phenoxy) is 2. The van der Waals surface area contributed by atoms with E-state index in [1.54, 1.807) is 0 Å². The zero-order chi connectivity index (χ0) is 18.5. The molecule has 3 rings (SSSR count). The Hall–Kier alpha value is -2.33. The topological polar surface area (TPSA) is 38.8 Å². The van der Waals surface area contributed by atoms with E-state index >= 15 is 0 Å². The van der Waals surface area contributed by atoms with E-state index in [-0.39, 0.29) is 5.78 Å². The molecule has 0 fully saturated rings. The SMILES string of the molecule is CCCOc1ccc2c(c1)-c1c(OCCN(CC)CC)cccc1C2=O. The van der Waals surface area contributed by atoms with E-state index < -0.39 is 0 Å². The van der Waals surface area contributed by atoms with Gasteiger partial charge in [-0.05, 0) is 43.8 Å². The van der Waals surface area contributed by atoms with Gasteiger partial charge < -0.3 is 14.4 Å². The first kappa shape index (κ1) is 18.5. The molecular formula is C22H27NO3. The first-order valence-corrected chi connectivity index (χ1v) is 9.49. The summed E-state index contributed by atoms with van der Waals surface area (Å²) in [6.07, 6.45) is 0.951. The van der Waals surface area contributed by atoms with Gasteiger partial charge in [-0.2, -0.15) is 0 Å². The van der Waals surface area contributed by atoms with Crippen LogP contribution in [0.5, 0.6) is 11.5 Å². The van der Waals surface area contributed by atoms with Crippen LogP contribution in [0.4, 0.5) is 0 Å². The Kier molecular flexibility index (Phi) is 5.94. The number of fused-ring (bicyclic) bond motifs is 3. The highest BCUT2D eigenvalue weighted by Crippen LogP contribution is 2.43. The number of benzene rings is 2. The molecule has 0 saturated carbocycles. The maximum absolute atomic E-state index is 12.7. The van der Waals surface area contributed by atoms with Gasteiger partial charge in [0.2, 0.25) is 0 Å². The third-order valence-electron chi connectivity index (χ3n) is 4.81. The smallest absolute Gasteiger partial charge is 0.194 e. The average Bonchev–Trinajstić information content (AvgIpc) is 2.96. The molecule has 0 saturated heterocycles. The van der Waals surface area contributed by atoms with Gasteiger partial charge in [-0.15, -0.1) is 0 Å². The Bertz CT molecular complexity index is 781. The third kappa shape index (κ3) is 3.61. The molecule has 26 heavy (non-hydrogen) atoms. The minimum atomic E-state index is 0.0613. The summed E-state index contributed by atoms with van der Waals surface area (Å²) < 4.78 is 11.8. The lowest BCUT2D eigenvalue weighted by atomic mass is 10.0. The number of likely N-dealkylation sites (N-methyl/N-ethyl adjacent to an activating group) is 1. The number of hydrogen-bond donors (Lipinski definition) is 0. The quantitative estimate of drug-likeness (QED) is 0.571. The molecule has 2 aromatic rings. The standard InChI is InChI=1S/C22H27NO3/c1-4-13-25-16-10-11-17-19(15-16)21-18(22(17)24)8-7-9-20(21)26-14-12-23(5-2)6-3/h7-11,15H,4-6,12-14H2,1-3H3. The van der Waals surface area contributed by atoms with Gasteiger partial charge >= 0.3 is 0 Å². The van der Waals surface area contributed by atoms with Crippen molar-refractivity contribution in [2.75, 3.05) is 32.8 Å². The van der Waals surface area contributed by atoms with Crippen molar-refractivity contribution in [2.24, 2.45) is 0 Å². The second-order valence-corrected chi connectivity index (χ2v) is 6.44. The predicted octanol–water partition coefficient (Wildman–Crippen LogP) is 4.41. The van der Waals surface area contributed by atoms with Crippen LogP contribution in [-0.2, 0) is 0 Å². The van der Waals surface area contributed by atoms with Crippen LogP contribution in [0.2, 0.25) is 0 Å². The highest BCUT2D eigenvalue weighted by molar-refractivity contribution is 6.22. The number of carbonyl (C=O) groups is 1. The zero-order valence-electron chi connectivity index (χ0n) is 15.9. The minimum absolute atomic E-state index is 0.0613. The molecule has 0 N–H and O–H groups in total. The molecule has 0 aliphatic heterocycles. The highest BCUT2D eigenvalue weighted by Gasteiger charge is 2.29. The summed E-state index contributed by atoms with van der Waals surface area (Å²) in [6, 6.07) is 11.4. The number of ketones is 1. The fourth-order valence-electron chi connectivity index (χ4n) is 3.33. The van der Waals surface area contributed by atoms with E-state index in [4.69, 9.17) is 9.47 Å². The monoisotopic (exact) mass is 353 g/mol. The highest BCUT2D eigenvalue weighted by atomic mass is 16.5. The van der Waals surface area contributed by atoms with Crippen LogP contribution in [0.15, 0.2) is 36.4 Å². The molecule has 138 valence electrons. The Morgan fingerprint density at radius 3 is 2.42 bits per heavy atom. The van der Waals surface area contributed by atoms with Gasteiger partial charge in [0.05, 0.1) is 6.61 Å². The van der Waals surface area contributed by atoms with E-state index in [2.05, 4.69) is 25.7 Å². The first-order chi connectivity index (χ1) is 12.7. The van der Waals surface area contributed by atoms with Gasteiger partial charge in [-0.25, -0.2) is 0 Å². The largest absolute Gasteiger partial charge is 0.494 e. The Labute approximate surface area is 155 Å². The Morgan fingerprint density at radius 2 is 1.69 bits per heavy atom. The van der Waals surface area contributed by atoms with Gasteiger partial charge in [0.25, 0.3) is 0 Å². The number of hydrogen-bond acceptors (Lipinski definition) is 4. The van der Waals surface area contributed by atoms with Gasteiger partial charge in [0.15, 0.2) is 5.78 Å². The molecule has 0 amide bonds. The fourth-order valence-corrected chi connectivity index (χ4v) is 3.33. The molecule has 0 bridgehead atoms.